The van der Waals surface area contributed by atoms with E-state index < -0.39 is 0 Å². The molecule has 4 aliphatic carbocycles. The summed E-state index contributed by atoms with van der Waals surface area (Å²) in [5, 5.41) is 0. The van der Waals surface area contributed by atoms with Crippen LogP contribution in [0.3, 0.4) is 0 Å². The summed E-state index contributed by atoms with van der Waals surface area (Å²) in [6.07, 6.45) is 3.70. The number of hydrogen-bond donors (Lipinski definition) is 1. The highest BCUT2D eigenvalue weighted by atomic mass is 79.9. The number of nitrogens with two attached hydrogens (primary N) is 1. The Hall–Kier alpha value is -1.45. The second-order valence-electron chi connectivity index (χ2n) is 5.54. The molecule has 0 aliphatic heterocycles. The molecule has 0 aromatic heterocycles. The fraction of sp³-hybridized carbons (Fsp3) is 0.278. The van der Waals surface area contributed by atoms with E-state index in [0.29, 0.717) is 0 Å². The maximum absolute atomic E-state index is 12.1. The SMILES string of the molecule is NCC(=O)c1cc2ccc1CCc1ccc(cc1Br)CC2. The summed E-state index contributed by atoms with van der Waals surface area (Å²) in [7, 11) is 0. The first kappa shape index (κ1) is 14.5. The van der Waals surface area contributed by atoms with Crippen LogP contribution in [-0.4, -0.2) is 12.3 Å². The van der Waals surface area contributed by atoms with Gasteiger partial charge in [0.05, 0.1) is 6.54 Å². The highest BCUT2D eigenvalue weighted by Crippen LogP contribution is 2.24. The topological polar surface area (TPSA) is 43.1 Å². The molecule has 2 aromatic rings. The van der Waals surface area contributed by atoms with Crippen LogP contribution in [-0.2, 0) is 25.7 Å². The maximum Gasteiger partial charge on any atom is 0.176 e. The zero-order valence-electron chi connectivity index (χ0n) is 11.9. The summed E-state index contributed by atoms with van der Waals surface area (Å²) in [6, 6.07) is 12.9. The van der Waals surface area contributed by atoms with Crippen molar-refractivity contribution in [3.63, 3.8) is 0 Å². The molecule has 21 heavy (non-hydrogen) atoms. The second-order valence-corrected chi connectivity index (χ2v) is 6.40. The molecule has 0 saturated heterocycles. The van der Waals surface area contributed by atoms with Gasteiger partial charge in [-0.15, -0.1) is 0 Å². The fourth-order valence-electron chi connectivity index (χ4n) is 2.87. The first-order valence-electron chi connectivity index (χ1n) is 7.30. The lowest BCUT2D eigenvalue weighted by Crippen LogP contribution is -2.16. The Bertz CT molecular complexity index is 694. The average Bonchev–Trinajstić information content (AvgIpc) is 2.49. The Morgan fingerprint density at radius 3 is 2.24 bits per heavy atom. The lowest BCUT2D eigenvalue weighted by Gasteiger charge is -2.14. The summed E-state index contributed by atoms with van der Waals surface area (Å²) < 4.78 is 1.17. The van der Waals surface area contributed by atoms with Gasteiger partial charge in [0, 0.05) is 10.0 Å². The zero-order chi connectivity index (χ0) is 14.8. The van der Waals surface area contributed by atoms with Crippen LogP contribution in [0.4, 0.5) is 0 Å². The van der Waals surface area contributed by atoms with E-state index in [0.717, 1.165) is 36.8 Å². The fourth-order valence-corrected chi connectivity index (χ4v) is 3.50. The summed E-state index contributed by atoms with van der Waals surface area (Å²) in [5.41, 5.74) is 11.3. The molecular weight excluding hydrogens is 326 g/mol. The van der Waals surface area contributed by atoms with Gasteiger partial charge >= 0.3 is 0 Å². The lowest BCUT2D eigenvalue weighted by molar-refractivity contribution is 0.100. The van der Waals surface area contributed by atoms with Gasteiger partial charge < -0.3 is 5.73 Å². The molecule has 0 heterocycles. The molecule has 0 amide bonds. The minimum Gasteiger partial charge on any atom is -0.324 e. The molecule has 4 bridgehead atoms. The number of hydrogen-bond acceptors (Lipinski definition) is 2. The van der Waals surface area contributed by atoms with Crippen molar-refractivity contribution >= 4 is 21.7 Å². The molecular formula is C18H18BrNO. The number of Topliss-reactive ketones (excluding diaryl/α,β-unsaturated/α-hetero) is 1. The Morgan fingerprint density at radius 1 is 0.952 bits per heavy atom. The smallest absolute Gasteiger partial charge is 0.176 e. The molecule has 0 unspecified atom stereocenters. The van der Waals surface area contributed by atoms with E-state index in [2.05, 4.69) is 46.3 Å². The van der Waals surface area contributed by atoms with Crippen LogP contribution in [0.5, 0.6) is 0 Å². The number of aryl methyl sites for hydroxylation is 4. The van der Waals surface area contributed by atoms with Crippen LogP contribution >= 0.6 is 15.9 Å². The minimum absolute atomic E-state index is 0.0388. The summed E-state index contributed by atoms with van der Waals surface area (Å²) in [5.74, 6) is 0.0388. The van der Waals surface area contributed by atoms with Gasteiger partial charge in [-0.05, 0) is 60.1 Å². The van der Waals surface area contributed by atoms with E-state index in [4.69, 9.17) is 5.73 Å². The summed E-state index contributed by atoms with van der Waals surface area (Å²) >= 11 is 3.66. The Morgan fingerprint density at radius 2 is 1.57 bits per heavy atom. The third kappa shape index (κ3) is 3.09. The molecule has 0 radical (unpaired) electrons. The van der Waals surface area contributed by atoms with Crippen molar-refractivity contribution < 1.29 is 4.79 Å². The molecule has 4 aliphatic rings. The van der Waals surface area contributed by atoms with E-state index in [1.54, 1.807) is 0 Å². The van der Waals surface area contributed by atoms with Crippen LogP contribution < -0.4 is 5.73 Å². The Labute approximate surface area is 133 Å². The first-order chi connectivity index (χ1) is 10.2. The molecule has 2 N–H and O–H groups in total. The number of halogens is 1. The highest BCUT2D eigenvalue weighted by molar-refractivity contribution is 9.10. The minimum atomic E-state index is 0.0388. The van der Waals surface area contributed by atoms with Gasteiger partial charge in [-0.2, -0.15) is 0 Å². The quantitative estimate of drug-likeness (QED) is 0.848. The monoisotopic (exact) mass is 343 g/mol. The molecule has 2 nitrogen and oxygen atoms in total. The molecule has 0 spiro atoms. The Kier molecular flexibility index (Phi) is 4.22. The number of carbonyl (C=O) groups is 1. The summed E-state index contributed by atoms with van der Waals surface area (Å²) in [4.78, 5) is 12.1. The van der Waals surface area contributed by atoms with Gasteiger partial charge in [-0.25, -0.2) is 0 Å². The van der Waals surface area contributed by atoms with Crippen LogP contribution in [0.1, 0.15) is 32.6 Å². The highest BCUT2D eigenvalue weighted by Gasteiger charge is 2.13. The molecule has 6 rings (SSSR count). The van der Waals surface area contributed by atoms with Crippen molar-refractivity contribution in [2.24, 2.45) is 5.73 Å². The molecule has 2 aromatic carbocycles. The number of carbonyl (C=O) groups excluding carboxylic acids is 1. The number of rotatable bonds is 2. The van der Waals surface area contributed by atoms with E-state index in [-0.39, 0.29) is 12.3 Å². The van der Waals surface area contributed by atoms with Crippen molar-refractivity contribution in [2.45, 2.75) is 25.7 Å². The van der Waals surface area contributed by atoms with Gasteiger partial charge in [0.15, 0.2) is 5.78 Å². The average molecular weight is 344 g/mol. The number of ketones is 1. The molecule has 108 valence electrons. The molecule has 3 heteroatoms. The van der Waals surface area contributed by atoms with Crippen molar-refractivity contribution in [2.75, 3.05) is 6.54 Å². The maximum atomic E-state index is 12.1. The van der Waals surface area contributed by atoms with Crippen LogP contribution in [0, 0.1) is 0 Å². The number of benzene rings is 2. The lowest BCUT2D eigenvalue weighted by atomic mass is 9.92. The largest absolute Gasteiger partial charge is 0.324 e. The van der Waals surface area contributed by atoms with Crippen molar-refractivity contribution in [3.8, 4) is 0 Å². The van der Waals surface area contributed by atoms with Crippen molar-refractivity contribution in [1.29, 1.82) is 0 Å². The van der Waals surface area contributed by atoms with E-state index >= 15 is 0 Å². The predicted molar refractivity (Wildman–Crippen MR) is 88.8 cm³/mol. The molecule has 0 saturated carbocycles. The third-order valence-corrected chi connectivity index (χ3v) is 4.88. The van der Waals surface area contributed by atoms with Crippen molar-refractivity contribution in [1.82, 2.24) is 0 Å². The van der Waals surface area contributed by atoms with Gasteiger partial charge in [0.25, 0.3) is 0 Å². The van der Waals surface area contributed by atoms with Crippen molar-refractivity contribution in [3.05, 3.63) is 68.7 Å². The van der Waals surface area contributed by atoms with Gasteiger partial charge in [-0.1, -0.05) is 40.2 Å². The van der Waals surface area contributed by atoms with Gasteiger partial charge in [-0.3, -0.25) is 4.79 Å². The standard InChI is InChI=1S/C18H18BrNO/c19-17-10-13-2-1-12-3-5-14(7-8-15(17)6-4-13)16(9-12)18(21)11-20/h3-6,9-10H,1-2,7-8,11,20H2. The van der Waals surface area contributed by atoms with E-state index in [1.807, 2.05) is 6.07 Å². The molecule has 0 fully saturated rings. The first-order valence-corrected chi connectivity index (χ1v) is 8.09. The third-order valence-electron chi connectivity index (χ3n) is 4.14. The Balaban J connectivity index is 2.04. The van der Waals surface area contributed by atoms with Gasteiger partial charge in [0.1, 0.15) is 0 Å². The van der Waals surface area contributed by atoms with Crippen LogP contribution in [0.25, 0.3) is 0 Å². The van der Waals surface area contributed by atoms with E-state index in [9.17, 15) is 4.79 Å². The predicted octanol–water partition coefficient (Wildman–Crippen LogP) is 3.47. The van der Waals surface area contributed by atoms with Crippen LogP contribution in [0.2, 0.25) is 0 Å². The van der Waals surface area contributed by atoms with E-state index in [1.165, 1.54) is 21.2 Å². The normalized spacial score (nSPS) is 13.8. The second kappa shape index (κ2) is 6.12. The molecule has 0 atom stereocenters. The van der Waals surface area contributed by atoms with Crippen LogP contribution in [0.15, 0.2) is 40.9 Å². The zero-order valence-corrected chi connectivity index (χ0v) is 13.4. The van der Waals surface area contributed by atoms with Gasteiger partial charge in [0.2, 0.25) is 0 Å². The summed E-state index contributed by atoms with van der Waals surface area (Å²) in [6.45, 7) is 0.0773.